The SMILES string of the molecule is CN(C)S(=O)(=O)c1ccc(Cl)c(NC(=O)COc2cccnc2[N+](=O)[O-])c1. The molecule has 1 heterocycles. The van der Waals surface area contributed by atoms with E-state index >= 15 is 0 Å². The van der Waals surface area contributed by atoms with Crippen LogP contribution in [0.2, 0.25) is 5.02 Å². The van der Waals surface area contributed by atoms with E-state index in [2.05, 4.69) is 10.3 Å². The molecule has 0 atom stereocenters. The fourth-order valence-electron chi connectivity index (χ4n) is 1.93. The molecule has 0 aliphatic heterocycles. The molecule has 1 N–H and O–H groups in total. The van der Waals surface area contributed by atoms with E-state index in [4.69, 9.17) is 16.3 Å². The van der Waals surface area contributed by atoms with Crippen LogP contribution < -0.4 is 10.1 Å². The summed E-state index contributed by atoms with van der Waals surface area (Å²) in [6.07, 6.45) is 1.22. The van der Waals surface area contributed by atoms with Crippen LogP contribution >= 0.6 is 11.6 Å². The molecule has 0 fully saturated rings. The van der Waals surface area contributed by atoms with Crippen LogP contribution in [0.5, 0.6) is 5.75 Å². The molecule has 1 aromatic carbocycles. The molecular formula is C15H15ClN4O6S. The lowest BCUT2D eigenvalue weighted by atomic mass is 10.3. The number of anilines is 1. The number of carbonyl (C=O) groups is 1. The number of sulfonamides is 1. The number of amides is 1. The third kappa shape index (κ3) is 4.90. The number of aromatic nitrogens is 1. The van der Waals surface area contributed by atoms with Crippen LogP contribution in [0, 0.1) is 10.1 Å². The second-order valence-corrected chi connectivity index (χ2v) is 7.91. The van der Waals surface area contributed by atoms with Gasteiger partial charge >= 0.3 is 5.82 Å². The Balaban J connectivity index is 2.14. The predicted molar refractivity (Wildman–Crippen MR) is 97.3 cm³/mol. The topological polar surface area (TPSA) is 132 Å². The number of pyridine rings is 1. The average Bonchev–Trinajstić information content (AvgIpc) is 2.61. The maximum atomic E-state index is 12.2. The van der Waals surface area contributed by atoms with Crippen molar-refractivity contribution in [1.82, 2.24) is 9.29 Å². The predicted octanol–water partition coefficient (Wildman–Crippen LogP) is 1.91. The minimum atomic E-state index is -3.71. The van der Waals surface area contributed by atoms with Crippen LogP contribution in [0.4, 0.5) is 11.5 Å². The second kappa shape index (κ2) is 8.29. The molecule has 0 bridgehead atoms. The summed E-state index contributed by atoms with van der Waals surface area (Å²) in [5.74, 6) is -1.38. The van der Waals surface area contributed by atoms with Crippen molar-refractivity contribution in [2.24, 2.45) is 0 Å². The van der Waals surface area contributed by atoms with Gasteiger partial charge in [0.05, 0.1) is 15.6 Å². The van der Waals surface area contributed by atoms with Crippen LogP contribution in [0.3, 0.4) is 0 Å². The van der Waals surface area contributed by atoms with Crippen molar-refractivity contribution in [2.45, 2.75) is 4.90 Å². The lowest BCUT2D eigenvalue weighted by molar-refractivity contribution is -0.390. The highest BCUT2D eigenvalue weighted by molar-refractivity contribution is 7.89. The van der Waals surface area contributed by atoms with E-state index in [-0.39, 0.29) is 21.4 Å². The molecule has 0 spiro atoms. The van der Waals surface area contributed by atoms with Crippen molar-refractivity contribution >= 4 is 39.0 Å². The van der Waals surface area contributed by atoms with E-state index in [1.54, 1.807) is 0 Å². The van der Waals surface area contributed by atoms with Crippen molar-refractivity contribution in [3.63, 3.8) is 0 Å². The number of nitro groups is 1. The normalized spacial score (nSPS) is 11.3. The van der Waals surface area contributed by atoms with Crippen molar-refractivity contribution < 1.29 is 22.9 Å². The molecular weight excluding hydrogens is 400 g/mol. The van der Waals surface area contributed by atoms with E-state index in [1.165, 1.54) is 50.6 Å². The van der Waals surface area contributed by atoms with Crippen molar-refractivity contribution in [2.75, 3.05) is 26.0 Å². The molecule has 0 aliphatic carbocycles. The molecule has 2 rings (SSSR count). The Morgan fingerprint density at radius 2 is 2.07 bits per heavy atom. The van der Waals surface area contributed by atoms with Gasteiger partial charge in [0.1, 0.15) is 6.20 Å². The third-order valence-electron chi connectivity index (χ3n) is 3.27. The van der Waals surface area contributed by atoms with E-state index in [0.717, 1.165) is 4.31 Å². The molecule has 1 aromatic heterocycles. The first-order chi connectivity index (χ1) is 12.6. The second-order valence-electron chi connectivity index (χ2n) is 5.35. The summed E-state index contributed by atoms with van der Waals surface area (Å²) < 4.78 is 30.5. The lowest BCUT2D eigenvalue weighted by Gasteiger charge is -2.14. The highest BCUT2D eigenvalue weighted by Crippen LogP contribution is 2.27. The van der Waals surface area contributed by atoms with Crippen molar-refractivity contribution in [3.8, 4) is 5.75 Å². The Kier molecular flexibility index (Phi) is 6.31. The van der Waals surface area contributed by atoms with Gasteiger partial charge in [-0.1, -0.05) is 11.6 Å². The zero-order valence-corrected chi connectivity index (χ0v) is 15.8. The van der Waals surface area contributed by atoms with Crippen molar-refractivity contribution in [3.05, 3.63) is 51.7 Å². The van der Waals surface area contributed by atoms with Crippen molar-refractivity contribution in [1.29, 1.82) is 0 Å². The maximum absolute atomic E-state index is 12.2. The molecule has 10 nitrogen and oxygen atoms in total. The Labute approximate surface area is 159 Å². The summed E-state index contributed by atoms with van der Waals surface area (Å²) in [4.78, 5) is 25.7. The smallest absolute Gasteiger partial charge is 0.406 e. The van der Waals surface area contributed by atoms with Crippen LogP contribution in [0.15, 0.2) is 41.4 Å². The largest absolute Gasteiger partial charge is 0.476 e. The summed E-state index contributed by atoms with van der Waals surface area (Å²) >= 11 is 5.99. The number of carbonyl (C=O) groups excluding carboxylic acids is 1. The fourth-order valence-corrected chi connectivity index (χ4v) is 3.03. The van der Waals surface area contributed by atoms with Crippen LogP contribution in [-0.4, -0.2) is 49.2 Å². The summed E-state index contributed by atoms with van der Waals surface area (Å²) in [5, 5.41) is 13.4. The first kappa shape index (κ1) is 20.6. The minimum Gasteiger partial charge on any atom is -0.476 e. The summed E-state index contributed by atoms with van der Waals surface area (Å²) in [5.41, 5.74) is 0.0638. The standard InChI is InChI=1S/C15H15ClN4O6S/c1-19(2)27(24,25)10-5-6-11(16)12(8-10)18-14(21)9-26-13-4-3-7-17-15(13)20(22)23/h3-8H,9H2,1-2H3,(H,18,21). The third-order valence-corrected chi connectivity index (χ3v) is 5.41. The van der Waals surface area contributed by atoms with Crippen LogP contribution in [0.25, 0.3) is 0 Å². The average molecular weight is 415 g/mol. The summed E-state index contributed by atoms with van der Waals surface area (Å²) in [7, 11) is -0.970. The number of nitrogens with zero attached hydrogens (tertiary/aromatic N) is 3. The van der Waals surface area contributed by atoms with E-state index in [9.17, 15) is 23.3 Å². The highest BCUT2D eigenvalue weighted by atomic mass is 35.5. The van der Waals surface area contributed by atoms with E-state index in [0.29, 0.717) is 0 Å². The Morgan fingerprint density at radius 3 is 2.70 bits per heavy atom. The molecule has 0 aliphatic rings. The first-order valence-corrected chi connectivity index (χ1v) is 9.19. The molecule has 0 radical (unpaired) electrons. The molecule has 0 unspecified atom stereocenters. The number of hydrogen-bond acceptors (Lipinski definition) is 7. The number of halogens is 1. The molecule has 2 aromatic rings. The number of hydrogen-bond donors (Lipinski definition) is 1. The minimum absolute atomic E-state index is 0.0592. The molecule has 144 valence electrons. The van der Waals surface area contributed by atoms with Gasteiger partial charge in [0.2, 0.25) is 15.8 Å². The maximum Gasteiger partial charge on any atom is 0.406 e. The Hall–Kier alpha value is -2.76. The van der Waals surface area contributed by atoms with Gasteiger partial charge in [-0.15, -0.1) is 0 Å². The first-order valence-electron chi connectivity index (χ1n) is 7.37. The molecule has 27 heavy (non-hydrogen) atoms. The fraction of sp³-hybridized carbons (Fsp3) is 0.200. The quantitative estimate of drug-likeness (QED) is 0.540. The number of rotatable bonds is 7. The van der Waals surface area contributed by atoms with E-state index < -0.39 is 33.3 Å². The van der Waals surface area contributed by atoms with Gasteiger partial charge in [-0.25, -0.2) is 12.7 Å². The molecule has 1 amide bonds. The van der Waals surface area contributed by atoms with Gasteiger partial charge in [0.25, 0.3) is 5.91 Å². The summed E-state index contributed by atoms with van der Waals surface area (Å²) in [6.45, 7) is -0.562. The number of ether oxygens (including phenoxy) is 1. The van der Waals surface area contributed by atoms with Gasteiger partial charge < -0.3 is 20.2 Å². The number of nitrogens with one attached hydrogen (secondary N) is 1. The van der Waals surface area contributed by atoms with Gasteiger partial charge in [-0.05, 0) is 40.2 Å². The van der Waals surface area contributed by atoms with Gasteiger partial charge in [-0.2, -0.15) is 0 Å². The highest BCUT2D eigenvalue weighted by Gasteiger charge is 2.20. The molecule has 12 heteroatoms. The van der Waals surface area contributed by atoms with Crippen LogP contribution in [-0.2, 0) is 14.8 Å². The van der Waals surface area contributed by atoms with E-state index in [1.807, 2.05) is 0 Å². The monoisotopic (exact) mass is 414 g/mol. The molecule has 0 saturated heterocycles. The lowest BCUT2D eigenvalue weighted by Crippen LogP contribution is -2.23. The Morgan fingerprint density at radius 1 is 1.37 bits per heavy atom. The Bertz CT molecular complexity index is 980. The van der Waals surface area contributed by atoms with Crippen LogP contribution in [0.1, 0.15) is 0 Å². The zero-order valence-electron chi connectivity index (χ0n) is 14.2. The number of benzene rings is 1. The molecule has 0 saturated carbocycles. The summed E-state index contributed by atoms with van der Waals surface area (Å²) in [6, 6.07) is 6.58. The zero-order chi connectivity index (χ0) is 20.2. The van der Waals surface area contributed by atoms with Gasteiger partial charge in [0.15, 0.2) is 6.61 Å². The van der Waals surface area contributed by atoms with Gasteiger partial charge in [0, 0.05) is 14.1 Å². The van der Waals surface area contributed by atoms with Gasteiger partial charge in [-0.3, -0.25) is 4.79 Å².